The van der Waals surface area contributed by atoms with Crippen LogP contribution in [-0.4, -0.2) is 16.1 Å². The maximum atomic E-state index is 13.1. The average molecular weight is 552 g/mol. The number of aryl methyl sites for hydroxylation is 3. The van der Waals surface area contributed by atoms with E-state index in [4.69, 9.17) is 11.6 Å². The van der Waals surface area contributed by atoms with E-state index < -0.39 is 0 Å². The van der Waals surface area contributed by atoms with Crippen molar-refractivity contribution in [2.24, 2.45) is 0 Å². The molecule has 3 rings (SSSR count). The molecule has 2 aromatic carbocycles. The zero-order chi connectivity index (χ0) is 21.5. The van der Waals surface area contributed by atoms with Crippen LogP contribution in [0.15, 0.2) is 54.6 Å². The molecule has 0 aliphatic rings. The minimum absolute atomic E-state index is 0.122. The summed E-state index contributed by atoms with van der Waals surface area (Å²) in [6.45, 7) is 2.18. The zero-order valence-corrected chi connectivity index (χ0v) is 20.4. The number of halogens is 2. The lowest BCUT2D eigenvalue weighted by Crippen LogP contribution is -2.14. The topological polar surface area (TPSA) is 46.2 Å². The quantitative estimate of drug-likeness (QED) is 0.182. The maximum absolute atomic E-state index is 13.1. The van der Waals surface area contributed by atoms with Gasteiger partial charge in [-0.15, -0.1) is 11.3 Å². The van der Waals surface area contributed by atoms with E-state index in [1.165, 1.54) is 22.5 Å². The Morgan fingerprint density at radius 3 is 2.27 bits per heavy atom. The Kier molecular flexibility index (Phi) is 8.48. The molecule has 30 heavy (non-hydrogen) atoms. The maximum Gasteiger partial charge on any atom is 0.234 e. The molecule has 0 spiro atoms. The summed E-state index contributed by atoms with van der Waals surface area (Å²) in [4.78, 5) is 26.2. The van der Waals surface area contributed by atoms with E-state index in [2.05, 4.69) is 36.5 Å². The van der Waals surface area contributed by atoms with E-state index in [1.807, 2.05) is 28.7 Å². The lowest BCUT2D eigenvalue weighted by atomic mass is 10.0. The Labute approximate surface area is 200 Å². The first-order chi connectivity index (χ1) is 14.5. The molecule has 1 heterocycles. The third-order valence-corrected chi connectivity index (χ3v) is 6.87. The van der Waals surface area contributed by atoms with Crippen LogP contribution in [0.3, 0.4) is 0 Å². The molecule has 0 bridgehead atoms. The number of ketones is 1. The van der Waals surface area contributed by atoms with E-state index in [0.29, 0.717) is 25.6 Å². The van der Waals surface area contributed by atoms with Crippen LogP contribution in [0.1, 0.15) is 45.3 Å². The van der Waals surface area contributed by atoms with Crippen molar-refractivity contribution >= 4 is 62.2 Å². The number of nitrogens with one attached hydrogen (secondary N) is 1. The number of rotatable bonds is 9. The number of anilines is 1. The Morgan fingerprint density at radius 2 is 1.63 bits per heavy atom. The summed E-state index contributed by atoms with van der Waals surface area (Å²) in [7, 11) is 0. The third-order valence-electron chi connectivity index (χ3n) is 4.74. The molecule has 156 valence electrons. The van der Waals surface area contributed by atoms with Crippen LogP contribution in [0.5, 0.6) is 0 Å². The SMILES string of the molecule is CCCc1ccc(CCc2cc(C(=O)c3ccccc3Cl)c(NC(=O)CI)s2)cc1. The number of benzene rings is 2. The van der Waals surface area contributed by atoms with Gasteiger partial charge >= 0.3 is 0 Å². The second-order valence-electron chi connectivity index (χ2n) is 7.01. The monoisotopic (exact) mass is 551 g/mol. The third kappa shape index (κ3) is 5.93. The minimum Gasteiger partial charge on any atom is -0.316 e. The van der Waals surface area contributed by atoms with Crippen molar-refractivity contribution in [3.05, 3.63) is 86.8 Å². The van der Waals surface area contributed by atoms with E-state index in [1.54, 1.807) is 24.3 Å². The summed E-state index contributed by atoms with van der Waals surface area (Å²) in [5, 5.41) is 3.88. The van der Waals surface area contributed by atoms with Gasteiger partial charge in [-0.25, -0.2) is 0 Å². The molecule has 6 heteroatoms. The van der Waals surface area contributed by atoms with Gasteiger partial charge in [0.05, 0.1) is 15.0 Å². The van der Waals surface area contributed by atoms with Gasteiger partial charge < -0.3 is 5.32 Å². The first-order valence-electron chi connectivity index (χ1n) is 9.87. The Balaban J connectivity index is 1.81. The molecule has 3 nitrogen and oxygen atoms in total. The Hall–Kier alpha value is -1.70. The predicted octanol–water partition coefficient (Wildman–Crippen LogP) is 6.74. The van der Waals surface area contributed by atoms with Gasteiger partial charge in [-0.1, -0.05) is 83.9 Å². The summed E-state index contributed by atoms with van der Waals surface area (Å²) in [5.74, 6) is -0.292. The van der Waals surface area contributed by atoms with Crippen molar-refractivity contribution in [2.45, 2.75) is 32.6 Å². The normalized spacial score (nSPS) is 10.8. The minimum atomic E-state index is -0.171. The van der Waals surface area contributed by atoms with Gasteiger partial charge in [0.1, 0.15) is 5.00 Å². The van der Waals surface area contributed by atoms with Gasteiger partial charge in [-0.2, -0.15) is 0 Å². The van der Waals surface area contributed by atoms with E-state index in [-0.39, 0.29) is 11.7 Å². The molecule has 3 aromatic rings. The largest absolute Gasteiger partial charge is 0.316 e. The van der Waals surface area contributed by atoms with E-state index >= 15 is 0 Å². The first-order valence-corrected chi connectivity index (χ1v) is 12.6. The Morgan fingerprint density at radius 1 is 0.967 bits per heavy atom. The van der Waals surface area contributed by atoms with Crippen molar-refractivity contribution in [3.63, 3.8) is 0 Å². The van der Waals surface area contributed by atoms with Crippen LogP contribution in [0.2, 0.25) is 5.02 Å². The molecule has 0 saturated heterocycles. The fraction of sp³-hybridized carbons (Fsp3) is 0.250. The number of hydrogen-bond donors (Lipinski definition) is 1. The smallest absolute Gasteiger partial charge is 0.234 e. The highest BCUT2D eigenvalue weighted by atomic mass is 127. The van der Waals surface area contributed by atoms with Crippen LogP contribution in [0, 0.1) is 0 Å². The van der Waals surface area contributed by atoms with Gasteiger partial charge in [0, 0.05) is 10.4 Å². The summed E-state index contributed by atoms with van der Waals surface area (Å²) < 4.78 is 0.328. The van der Waals surface area contributed by atoms with Crippen LogP contribution >= 0.6 is 45.5 Å². The van der Waals surface area contributed by atoms with Crippen molar-refractivity contribution in [1.82, 2.24) is 0 Å². The zero-order valence-electron chi connectivity index (χ0n) is 16.7. The van der Waals surface area contributed by atoms with Gasteiger partial charge in [0.25, 0.3) is 0 Å². The Bertz CT molecular complexity index is 1030. The van der Waals surface area contributed by atoms with Gasteiger partial charge in [-0.05, 0) is 48.6 Å². The molecule has 1 amide bonds. The van der Waals surface area contributed by atoms with Crippen molar-refractivity contribution < 1.29 is 9.59 Å². The van der Waals surface area contributed by atoms with Crippen LogP contribution < -0.4 is 5.32 Å². The molecule has 1 aromatic heterocycles. The van der Waals surface area contributed by atoms with Gasteiger partial charge in [0.2, 0.25) is 5.91 Å². The molecular weight excluding hydrogens is 529 g/mol. The average Bonchev–Trinajstić information content (AvgIpc) is 3.15. The standard InChI is InChI=1S/C24H23ClINO2S/c1-2-5-16-8-10-17(11-9-16)12-13-18-14-20(24(30-18)27-22(28)15-26)23(29)19-6-3-4-7-21(19)25/h3-4,6-11,14H,2,5,12-13,15H2,1H3,(H,27,28). The fourth-order valence-electron chi connectivity index (χ4n) is 3.21. The molecule has 0 atom stereocenters. The number of thiophene rings is 1. The predicted molar refractivity (Wildman–Crippen MR) is 135 cm³/mol. The second-order valence-corrected chi connectivity index (χ2v) is 9.32. The van der Waals surface area contributed by atoms with Crippen LogP contribution in [0.25, 0.3) is 0 Å². The number of alkyl halides is 1. The highest BCUT2D eigenvalue weighted by Crippen LogP contribution is 2.32. The summed E-state index contributed by atoms with van der Waals surface area (Å²) in [6, 6.07) is 17.6. The molecule has 0 saturated carbocycles. The molecule has 0 fully saturated rings. The number of carbonyl (C=O) groups is 2. The molecule has 0 aliphatic carbocycles. The van der Waals surface area contributed by atoms with Crippen molar-refractivity contribution in [1.29, 1.82) is 0 Å². The van der Waals surface area contributed by atoms with Gasteiger partial charge in [0.15, 0.2) is 5.78 Å². The number of carbonyl (C=O) groups excluding carboxylic acids is 2. The number of hydrogen-bond acceptors (Lipinski definition) is 3. The molecule has 1 N–H and O–H groups in total. The first kappa shape index (κ1) is 23.0. The van der Waals surface area contributed by atoms with Crippen LogP contribution in [0.4, 0.5) is 5.00 Å². The second kappa shape index (κ2) is 11.1. The van der Waals surface area contributed by atoms with E-state index in [9.17, 15) is 9.59 Å². The summed E-state index contributed by atoms with van der Waals surface area (Å²) >= 11 is 9.71. The lowest BCUT2D eigenvalue weighted by molar-refractivity contribution is -0.113. The highest BCUT2D eigenvalue weighted by molar-refractivity contribution is 14.1. The van der Waals surface area contributed by atoms with Crippen LogP contribution in [-0.2, 0) is 24.1 Å². The lowest BCUT2D eigenvalue weighted by Gasteiger charge is -2.05. The molecule has 0 aliphatic heterocycles. The molecule has 0 unspecified atom stereocenters. The van der Waals surface area contributed by atoms with Crippen molar-refractivity contribution in [3.8, 4) is 0 Å². The molecular formula is C24H23ClINO2S. The van der Waals surface area contributed by atoms with Crippen molar-refractivity contribution in [2.75, 3.05) is 9.74 Å². The molecule has 0 radical (unpaired) electrons. The number of amides is 1. The highest BCUT2D eigenvalue weighted by Gasteiger charge is 2.21. The summed E-state index contributed by atoms with van der Waals surface area (Å²) in [6.07, 6.45) is 3.92. The summed E-state index contributed by atoms with van der Waals surface area (Å²) in [5.41, 5.74) is 3.56. The van der Waals surface area contributed by atoms with E-state index in [0.717, 1.165) is 30.6 Å². The fourth-order valence-corrected chi connectivity index (χ4v) is 4.69. The van der Waals surface area contributed by atoms with Gasteiger partial charge in [-0.3, -0.25) is 9.59 Å².